The van der Waals surface area contributed by atoms with E-state index in [0.29, 0.717) is 29.4 Å². The van der Waals surface area contributed by atoms with Gasteiger partial charge in [-0.05, 0) is 56.9 Å². The summed E-state index contributed by atoms with van der Waals surface area (Å²) in [6, 6.07) is 6.83. The first-order chi connectivity index (χ1) is 13.5. The van der Waals surface area contributed by atoms with Gasteiger partial charge in [0.15, 0.2) is 6.61 Å². The van der Waals surface area contributed by atoms with E-state index in [1.807, 2.05) is 6.92 Å². The van der Waals surface area contributed by atoms with Crippen molar-refractivity contribution in [1.82, 2.24) is 20.6 Å². The third-order valence-corrected chi connectivity index (χ3v) is 5.06. The Morgan fingerprint density at radius 3 is 2.54 bits per heavy atom. The van der Waals surface area contributed by atoms with Crippen molar-refractivity contribution < 1.29 is 14.3 Å². The van der Waals surface area contributed by atoms with Gasteiger partial charge in [0.25, 0.3) is 11.8 Å². The van der Waals surface area contributed by atoms with Gasteiger partial charge in [0.05, 0.1) is 11.9 Å². The molecule has 0 spiro atoms. The minimum Gasteiger partial charge on any atom is -0.484 e. The summed E-state index contributed by atoms with van der Waals surface area (Å²) in [4.78, 5) is 32.6. The van der Waals surface area contributed by atoms with E-state index >= 15 is 0 Å². The normalized spacial score (nSPS) is 14.6. The fourth-order valence-corrected chi connectivity index (χ4v) is 3.15. The first-order valence-corrected chi connectivity index (χ1v) is 9.60. The minimum atomic E-state index is -0.298. The molecule has 1 aromatic heterocycles. The molecule has 3 rings (SSSR count). The van der Waals surface area contributed by atoms with Crippen LogP contribution < -0.4 is 15.4 Å². The van der Waals surface area contributed by atoms with Gasteiger partial charge in [0.1, 0.15) is 11.4 Å². The number of carbonyl (C=O) groups excluding carboxylic acids is 2. The molecule has 1 aliphatic carbocycles. The Morgan fingerprint density at radius 2 is 1.93 bits per heavy atom. The second-order valence-corrected chi connectivity index (χ2v) is 7.41. The summed E-state index contributed by atoms with van der Waals surface area (Å²) in [5, 5.41) is 6.52. The number of nitrogens with zero attached hydrogens (tertiary/aromatic N) is 2. The Morgan fingerprint density at radius 1 is 1.18 bits per heavy atom. The number of ether oxygens (including phenoxy) is 1. The Hall–Kier alpha value is -2.67. The van der Waals surface area contributed by atoms with E-state index in [2.05, 4.69) is 20.6 Å². The van der Waals surface area contributed by atoms with Gasteiger partial charge in [-0.15, -0.1) is 0 Å². The van der Waals surface area contributed by atoms with Gasteiger partial charge in [-0.2, -0.15) is 0 Å². The molecule has 1 aliphatic rings. The Bertz CT molecular complexity index is 820. The van der Waals surface area contributed by atoms with E-state index in [0.717, 1.165) is 25.0 Å². The molecule has 0 radical (unpaired) electrons. The van der Waals surface area contributed by atoms with Gasteiger partial charge in [0.2, 0.25) is 0 Å². The van der Waals surface area contributed by atoms with Crippen molar-refractivity contribution in [2.45, 2.75) is 38.1 Å². The molecule has 7 nitrogen and oxygen atoms in total. The summed E-state index contributed by atoms with van der Waals surface area (Å²) in [5.74, 6) is 0.145. The number of amides is 2. The van der Waals surface area contributed by atoms with E-state index in [9.17, 15) is 9.59 Å². The van der Waals surface area contributed by atoms with Gasteiger partial charge in [-0.1, -0.05) is 11.6 Å². The van der Waals surface area contributed by atoms with Crippen LogP contribution >= 0.6 is 11.6 Å². The average Bonchev–Trinajstić information content (AvgIpc) is 2.66. The fraction of sp³-hybridized carbons (Fsp3) is 0.400. The maximum absolute atomic E-state index is 12.4. The Kier molecular flexibility index (Phi) is 6.46. The third kappa shape index (κ3) is 5.42. The topological polar surface area (TPSA) is 93.2 Å². The largest absolute Gasteiger partial charge is 0.484 e. The molecule has 0 bridgehead atoms. The smallest absolute Gasteiger partial charge is 0.271 e. The second-order valence-electron chi connectivity index (χ2n) is 6.97. The molecule has 0 unspecified atom stereocenters. The molecule has 2 N–H and O–H groups in total. The quantitative estimate of drug-likeness (QED) is 0.708. The van der Waals surface area contributed by atoms with Crippen molar-refractivity contribution >= 4 is 23.4 Å². The predicted molar refractivity (Wildman–Crippen MR) is 105 cm³/mol. The lowest BCUT2D eigenvalue weighted by Gasteiger charge is -2.42. The summed E-state index contributed by atoms with van der Waals surface area (Å²) < 4.78 is 5.42. The molecule has 1 heterocycles. The number of carbonyl (C=O) groups is 2. The number of aryl methyl sites for hydroxylation is 1. The molecule has 2 amide bonds. The van der Waals surface area contributed by atoms with Gasteiger partial charge >= 0.3 is 0 Å². The molecular weight excluding hydrogens is 380 g/mol. The summed E-state index contributed by atoms with van der Waals surface area (Å²) in [6.07, 6.45) is 6.53. The van der Waals surface area contributed by atoms with Crippen molar-refractivity contribution in [2.24, 2.45) is 0 Å². The molecule has 0 aliphatic heterocycles. The van der Waals surface area contributed by atoms with Crippen LogP contribution in [-0.2, 0) is 4.79 Å². The highest BCUT2D eigenvalue weighted by molar-refractivity contribution is 6.30. The lowest BCUT2D eigenvalue weighted by Crippen LogP contribution is -2.55. The monoisotopic (exact) mass is 402 g/mol. The van der Waals surface area contributed by atoms with E-state index in [-0.39, 0.29) is 24.0 Å². The molecule has 0 saturated heterocycles. The molecule has 148 valence electrons. The van der Waals surface area contributed by atoms with Crippen LogP contribution in [-0.4, -0.2) is 40.5 Å². The van der Waals surface area contributed by atoms with Crippen LogP contribution in [0.1, 0.15) is 41.9 Å². The van der Waals surface area contributed by atoms with Crippen molar-refractivity contribution in [3.05, 3.63) is 53.1 Å². The SMILES string of the molecule is Cc1cnc(C(=O)NC2(CCNC(=O)COc3ccc(Cl)cc3)CCC2)cn1. The summed E-state index contributed by atoms with van der Waals surface area (Å²) in [5.41, 5.74) is 0.768. The van der Waals surface area contributed by atoms with E-state index < -0.39 is 0 Å². The number of nitrogens with one attached hydrogen (secondary N) is 2. The molecule has 8 heteroatoms. The molecule has 1 saturated carbocycles. The molecule has 1 fully saturated rings. The second kappa shape index (κ2) is 9.01. The maximum Gasteiger partial charge on any atom is 0.271 e. The van der Waals surface area contributed by atoms with Gasteiger partial charge in [-0.25, -0.2) is 4.98 Å². The first kappa shape index (κ1) is 20.1. The van der Waals surface area contributed by atoms with Crippen LogP contribution in [0, 0.1) is 6.92 Å². The molecular formula is C20H23ClN4O3. The standard InChI is InChI=1S/C20H23ClN4O3/c1-14-11-24-17(12-23-14)19(27)25-20(7-2-8-20)9-10-22-18(26)13-28-16-5-3-15(21)4-6-16/h3-6,11-12H,2,7-10,13H2,1H3,(H,22,26)(H,25,27). The maximum atomic E-state index is 12.4. The van der Waals surface area contributed by atoms with E-state index in [1.54, 1.807) is 30.5 Å². The van der Waals surface area contributed by atoms with Gasteiger partial charge in [-0.3, -0.25) is 14.6 Å². The van der Waals surface area contributed by atoms with Crippen LogP contribution in [0.4, 0.5) is 0 Å². The summed E-state index contributed by atoms with van der Waals surface area (Å²) >= 11 is 5.81. The zero-order valence-electron chi connectivity index (χ0n) is 15.7. The van der Waals surface area contributed by atoms with Crippen molar-refractivity contribution in [1.29, 1.82) is 0 Å². The molecule has 0 atom stereocenters. The van der Waals surface area contributed by atoms with E-state index in [1.165, 1.54) is 6.20 Å². The summed E-state index contributed by atoms with van der Waals surface area (Å²) in [7, 11) is 0. The lowest BCUT2D eigenvalue weighted by atomic mass is 9.74. The number of hydrogen-bond donors (Lipinski definition) is 2. The molecule has 28 heavy (non-hydrogen) atoms. The highest BCUT2D eigenvalue weighted by atomic mass is 35.5. The van der Waals surface area contributed by atoms with Crippen LogP contribution in [0.25, 0.3) is 0 Å². The van der Waals surface area contributed by atoms with Crippen LogP contribution in [0.3, 0.4) is 0 Å². The lowest BCUT2D eigenvalue weighted by molar-refractivity contribution is -0.123. The summed E-state index contributed by atoms with van der Waals surface area (Å²) in [6.45, 7) is 2.21. The van der Waals surface area contributed by atoms with Crippen molar-refractivity contribution in [2.75, 3.05) is 13.2 Å². The molecule has 1 aromatic carbocycles. The number of rotatable bonds is 8. The van der Waals surface area contributed by atoms with E-state index in [4.69, 9.17) is 16.3 Å². The minimum absolute atomic E-state index is 0.0695. The van der Waals surface area contributed by atoms with Crippen LogP contribution in [0.15, 0.2) is 36.7 Å². The Labute approximate surface area is 168 Å². The highest BCUT2D eigenvalue weighted by Gasteiger charge is 2.38. The zero-order chi connectivity index (χ0) is 20.0. The number of aromatic nitrogens is 2. The van der Waals surface area contributed by atoms with Gasteiger partial charge in [0, 0.05) is 23.3 Å². The number of hydrogen-bond acceptors (Lipinski definition) is 5. The van der Waals surface area contributed by atoms with Gasteiger partial charge < -0.3 is 15.4 Å². The third-order valence-electron chi connectivity index (χ3n) is 4.81. The first-order valence-electron chi connectivity index (χ1n) is 9.22. The Balaban J connectivity index is 1.43. The average molecular weight is 403 g/mol. The predicted octanol–water partition coefficient (Wildman–Crippen LogP) is 2.68. The number of benzene rings is 1. The highest BCUT2D eigenvalue weighted by Crippen LogP contribution is 2.34. The van der Waals surface area contributed by atoms with Crippen LogP contribution in [0.5, 0.6) is 5.75 Å². The zero-order valence-corrected chi connectivity index (χ0v) is 16.5. The van der Waals surface area contributed by atoms with Crippen LogP contribution in [0.2, 0.25) is 5.02 Å². The number of halogens is 1. The van der Waals surface area contributed by atoms with Crippen molar-refractivity contribution in [3.63, 3.8) is 0 Å². The fourth-order valence-electron chi connectivity index (χ4n) is 3.03. The van der Waals surface area contributed by atoms with Crippen molar-refractivity contribution in [3.8, 4) is 5.75 Å². The molecule has 2 aromatic rings.